The van der Waals surface area contributed by atoms with E-state index in [1.165, 1.54) is 18.4 Å². The molecule has 2 aliphatic rings. The molecule has 2 fully saturated rings. The molecular weight excluding hydrogens is 340 g/mol. The first kappa shape index (κ1) is 18.0. The van der Waals surface area contributed by atoms with E-state index in [-0.39, 0.29) is 17.7 Å². The van der Waals surface area contributed by atoms with Crippen molar-refractivity contribution in [3.63, 3.8) is 0 Å². The molecule has 1 aliphatic heterocycles. The Morgan fingerprint density at radius 2 is 2.22 bits per heavy atom. The number of nitrogens with zero attached hydrogens (tertiary/aromatic N) is 2. The number of hydrogen-bond acceptors (Lipinski definition) is 4. The molecule has 27 heavy (non-hydrogen) atoms. The third-order valence-corrected chi connectivity index (χ3v) is 5.55. The molecule has 1 aromatic heterocycles. The van der Waals surface area contributed by atoms with Gasteiger partial charge in [0.2, 0.25) is 5.91 Å². The number of amides is 1. The molecule has 144 valence electrons. The quantitative estimate of drug-likeness (QED) is 0.786. The minimum Gasteiger partial charge on any atom is -0.493 e. The third-order valence-electron chi connectivity index (χ3n) is 5.55. The maximum atomic E-state index is 12.8. The third kappa shape index (κ3) is 4.33. The molecule has 6 heteroatoms. The molecule has 0 spiro atoms. The van der Waals surface area contributed by atoms with Gasteiger partial charge in [0.15, 0.2) is 0 Å². The number of hydrogen-bond donors (Lipinski definition) is 2. The molecule has 2 aromatic rings. The van der Waals surface area contributed by atoms with E-state index < -0.39 is 0 Å². The molecule has 6 nitrogen and oxygen atoms in total. The molecule has 0 unspecified atom stereocenters. The van der Waals surface area contributed by atoms with Gasteiger partial charge >= 0.3 is 0 Å². The van der Waals surface area contributed by atoms with Crippen LogP contribution in [0.15, 0.2) is 30.6 Å². The minimum absolute atomic E-state index is 0.0736. The summed E-state index contributed by atoms with van der Waals surface area (Å²) in [4.78, 5) is 12.8. The van der Waals surface area contributed by atoms with Crippen LogP contribution < -0.4 is 15.4 Å². The predicted octanol–water partition coefficient (Wildman–Crippen LogP) is 2.14. The number of aryl methyl sites for hydroxylation is 2. The van der Waals surface area contributed by atoms with Crippen molar-refractivity contribution in [2.45, 2.75) is 32.2 Å². The summed E-state index contributed by atoms with van der Waals surface area (Å²) in [5.74, 6) is 1.79. The average Bonchev–Trinajstić information content (AvgIpc) is 3.17. The van der Waals surface area contributed by atoms with E-state index in [9.17, 15) is 4.79 Å². The molecule has 1 saturated carbocycles. The lowest BCUT2D eigenvalue weighted by molar-refractivity contribution is -0.125. The Bertz CT molecular complexity index is 812. The van der Waals surface area contributed by atoms with Gasteiger partial charge < -0.3 is 15.4 Å². The van der Waals surface area contributed by atoms with Crippen LogP contribution in [0.2, 0.25) is 0 Å². The zero-order chi connectivity index (χ0) is 18.8. The van der Waals surface area contributed by atoms with Crippen LogP contribution in [0, 0.1) is 18.8 Å². The molecule has 2 heterocycles. The van der Waals surface area contributed by atoms with Gasteiger partial charge in [0.25, 0.3) is 0 Å². The number of rotatable bonds is 7. The first-order valence-electron chi connectivity index (χ1n) is 9.79. The van der Waals surface area contributed by atoms with E-state index in [1.54, 1.807) is 4.68 Å². The van der Waals surface area contributed by atoms with Crippen LogP contribution in [-0.4, -0.2) is 35.4 Å². The molecule has 0 radical (unpaired) electrons. The van der Waals surface area contributed by atoms with Crippen molar-refractivity contribution in [2.24, 2.45) is 18.9 Å². The lowest BCUT2D eigenvalue weighted by Crippen LogP contribution is -2.34. The van der Waals surface area contributed by atoms with Crippen molar-refractivity contribution in [2.75, 3.05) is 19.7 Å². The van der Waals surface area contributed by atoms with Gasteiger partial charge in [0, 0.05) is 44.4 Å². The van der Waals surface area contributed by atoms with Gasteiger partial charge in [0.05, 0.1) is 18.7 Å². The number of aromatic nitrogens is 2. The summed E-state index contributed by atoms with van der Waals surface area (Å²) < 4.78 is 7.81. The molecule has 1 aliphatic carbocycles. The molecule has 2 N–H and O–H groups in total. The number of benzene rings is 1. The summed E-state index contributed by atoms with van der Waals surface area (Å²) in [6.45, 7) is 4.85. The standard InChI is InChI=1S/C21H28N4O2/c1-14-3-6-16(20(7-14)27-13-15-4-5-15)8-23-21(26)19-11-22-10-18(19)17-9-24-25(2)12-17/h3,6-7,9,12,15,18-19,22H,4-5,8,10-11,13H2,1-2H3,(H,23,26)/t18-,19+/m1/s1. The van der Waals surface area contributed by atoms with Gasteiger partial charge in [-0.3, -0.25) is 9.48 Å². The Balaban J connectivity index is 1.39. The summed E-state index contributed by atoms with van der Waals surface area (Å²) >= 11 is 0. The normalized spacial score (nSPS) is 22.0. The van der Waals surface area contributed by atoms with Gasteiger partial charge in [-0.25, -0.2) is 0 Å². The van der Waals surface area contributed by atoms with Gasteiger partial charge in [0.1, 0.15) is 5.75 Å². The van der Waals surface area contributed by atoms with Gasteiger partial charge in [-0.1, -0.05) is 12.1 Å². The highest BCUT2D eigenvalue weighted by atomic mass is 16.5. The van der Waals surface area contributed by atoms with Crippen LogP contribution in [0.1, 0.15) is 35.4 Å². The van der Waals surface area contributed by atoms with Gasteiger partial charge in [-0.05, 0) is 42.9 Å². The Labute approximate surface area is 160 Å². The topological polar surface area (TPSA) is 68.2 Å². The second-order valence-corrected chi connectivity index (χ2v) is 7.90. The molecular formula is C21H28N4O2. The van der Waals surface area contributed by atoms with Crippen molar-refractivity contribution in [3.8, 4) is 5.75 Å². The number of carbonyl (C=O) groups excluding carboxylic acids is 1. The zero-order valence-corrected chi connectivity index (χ0v) is 16.1. The first-order chi connectivity index (χ1) is 13.1. The van der Waals surface area contributed by atoms with Crippen molar-refractivity contribution in [3.05, 3.63) is 47.3 Å². The molecule has 1 saturated heterocycles. The second-order valence-electron chi connectivity index (χ2n) is 7.90. The summed E-state index contributed by atoms with van der Waals surface area (Å²) in [7, 11) is 1.90. The molecule has 4 rings (SSSR count). The Morgan fingerprint density at radius 1 is 1.37 bits per heavy atom. The van der Waals surface area contributed by atoms with Crippen LogP contribution >= 0.6 is 0 Å². The first-order valence-corrected chi connectivity index (χ1v) is 9.79. The summed E-state index contributed by atoms with van der Waals surface area (Å²) in [5.41, 5.74) is 3.33. The fourth-order valence-corrected chi connectivity index (χ4v) is 3.68. The Hall–Kier alpha value is -2.34. The predicted molar refractivity (Wildman–Crippen MR) is 104 cm³/mol. The zero-order valence-electron chi connectivity index (χ0n) is 16.1. The highest BCUT2D eigenvalue weighted by Gasteiger charge is 2.34. The van der Waals surface area contributed by atoms with Crippen LogP contribution in [0.4, 0.5) is 0 Å². The van der Waals surface area contributed by atoms with E-state index in [0.717, 1.165) is 30.0 Å². The smallest absolute Gasteiger partial charge is 0.225 e. The van der Waals surface area contributed by atoms with E-state index in [2.05, 4.69) is 40.9 Å². The van der Waals surface area contributed by atoms with Gasteiger partial charge in [-0.2, -0.15) is 5.10 Å². The monoisotopic (exact) mass is 368 g/mol. The average molecular weight is 368 g/mol. The van der Waals surface area contributed by atoms with Crippen LogP contribution in [0.3, 0.4) is 0 Å². The van der Waals surface area contributed by atoms with Crippen molar-refractivity contribution < 1.29 is 9.53 Å². The fraction of sp³-hybridized carbons (Fsp3) is 0.524. The summed E-state index contributed by atoms with van der Waals surface area (Å²) in [5, 5.41) is 10.7. The van der Waals surface area contributed by atoms with E-state index in [4.69, 9.17) is 4.74 Å². The molecule has 2 atom stereocenters. The molecule has 0 bridgehead atoms. The highest BCUT2D eigenvalue weighted by molar-refractivity contribution is 5.80. The minimum atomic E-state index is -0.0736. The lowest BCUT2D eigenvalue weighted by atomic mass is 9.90. The van der Waals surface area contributed by atoms with Crippen molar-refractivity contribution >= 4 is 5.91 Å². The van der Waals surface area contributed by atoms with Crippen LogP contribution in [0.25, 0.3) is 0 Å². The fourth-order valence-electron chi connectivity index (χ4n) is 3.68. The van der Waals surface area contributed by atoms with Crippen LogP contribution in [-0.2, 0) is 18.4 Å². The van der Waals surface area contributed by atoms with E-state index in [1.807, 2.05) is 19.4 Å². The second kappa shape index (κ2) is 7.72. The van der Waals surface area contributed by atoms with E-state index in [0.29, 0.717) is 19.0 Å². The van der Waals surface area contributed by atoms with Crippen LogP contribution in [0.5, 0.6) is 5.75 Å². The lowest BCUT2D eigenvalue weighted by Gasteiger charge is -2.18. The highest BCUT2D eigenvalue weighted by Crippen LogP contribution is 2.31. The van der Waals surface area contributed by atoms with Crippen molar-refractivity contribution in [1.82, 2.24) is 20.4 Å². The number of ether oxygens (including phenoxy) is 1. The Kier molecular flexibility index (Phi) is 5.16. The number of carbonyl (C=O) groups is 1. The van der Waals surface area contributed by atoms with Gasteiger partial charge in [-0.15, -0.1) is 0 Å². The SMILES string of the molecule is Cc1ccc(CNC(=O)[C@H]2CNC[C@@H]2c2cnn(C)c2)c(OCC2CC2)c1. The largest absolute Gasteiger partial charge is 0.493 e. The summed E-state index contributed by atoms with van der Waals surface area (Å²) in [6.07, 6.45) is 6.40. The van der Waals surface area contributed by atoms with Crippen molar-refractivity contribution in [1.29, 1.82) is 0 Å². The molecule has 1 aromatic carbocycles. The summed E-state index contributed by atoms with van der Waals surface area (Å²) in [6, 6.07) is 6.20. The van der Waals surface area contributed by atoms with E-state index >= 15 is 0 Å². The molecule has 1 amide bonds. The Morgan fingerprint density at radius 3 is 2.96 bits per heavy atom. The number of nitrogens with one attached hydrogen (secondary N) is 2. The maximum absolute atomic E-state index is 12.8. The maximum Gasteiger partial charge on any atom is 0.225 e.